The lowest BCUT2D eigenvalue weighted by atomic mass is 10.1. The molecular formula is C22H20BrN3O4. The summed E-state index contributed by atoms with van der Waals surface area (Å²) in [6.45, 7) is 0.455. The molecule has 0 unspecified atom stereocenters. The third-order valence-electron chi connectivity index (χ3n) is 5.05. The number of β-amino-alcohol motifs (C(OH)–C–C–N with tert-alkyl or cyclic N) is 1. The maximum Gasteiger partial charge on any atom is 0.254 e. The summed E-state index contributed by atoms with van der Waals surface area (Å²) >= 11 is 3.35. The number of aliphatic hydroxyl groups excluding tert-OH is 1. The number of halogens is 1. The highest BCUT2D eigenvalue weighted by atomic mass is 79.9. The van der Waals surface area contributed by atoms with Gasteiger partial charge in [0.05, 0.1) is 12.3 Å². The molecule has 8 heteroatoms. The van der Waals surface area contributed by atoms with Crippen LogP contribution in [-0.2, 0) is 11.3 Å². The van der Waals surface area contributed by atoms with E-state index in [-0.39, 0.29) is 24.8 Å². The van der Waals surface area contributed by atoms with E-state index in [1.54, 1.807) is 24.4 Å². The SMILES string of the molecule is O=C(NCc1ccc(-c2cnco2)cc1)[C@@H]1C[C@@H](O)CN1C(=O)c1cccc(Br)c1. The molecule has 0 bridgehead atoms. The first-order chi connectivity index (χ1) is 14.5. The van der Waals surface area contributed by atoms with Gasteiger partial charge in [0.2, 0.25) is 5.91 Å². The molecule has 30 heavy (non-hydrogen) atoms. The van der Waals surface area contributed by atoms with Crippen molar-refractivity contribution in [3.8, 4) is 11.3 Å². The van der Waals surface area contributed by atoms with E-state index in [0.717, 1.165) is 15.6 Å². The maximum absolute atomic E-state index is 12.9. The quantitative estimate of drug-likeness (QED) is 0.598. The van der Waals surface area contributed by atoms with Gasteiger partial charge in [0.15, 0.2) is 12.2 Å². The van der Waals surface area contributed by atoms with Crippen LogP contribution in [0.4, 0.5) is 0 Å². The average molecular weight is 470 g/mol. The topological polar surface area (TPSA) is 95.7 Å². The molecule has 7 nitrogen and oxygen atoms in total. The van der Waals surface area contributed by atoms with Gasteiger partial charge in [0.1, 0.15) is 6.04 Å². The van der Waals surface area contributed by atoms with Crippen LogP contribution in [0.25, 0.3) is 11.3 Å². The molecule has 3 aromatic rings. The number of hydrogen-bond donors (Lipinski definition) is 2. The highest BCUT2D eigenvalue weighted by molar-refractivity contribution is 9.10. The average Bonchev–Trinajstić information content (AvgIpc) is 3.42. The number of amides is 2. The molecule has 2 atom stereocenters. The molecule has 1 aliphatic rings. The summed E-state index contributed by atoms with van der Waals surface area (Å²) in [7, 11) is 0. The Bertz CT molecular complexity index is 1040. The van der Waals surface area contributed by atoms with E-state index < -0.39 is 12.1 Å². The van der Waals surface area contributed by atoms with Crippen molar-refractivity contribution in [1.29, 1.82) is 0 Å². The molecule has 4 rings (SSSR count). The Balaban J connectivity index is 1.41. The van der Waals surface area contributed by atoms with Crippen molar-refractivity contribution in [3.05, 3.63) is 76.7 Å². The molecule has 154 valence electrons. The largest absolute Gasteiger partial charge is 0.444 e. The van der Waals surface area contributed by atoms with E-state index in [4.69, 9.17) is 4.42 Å². The number of aromatic nitrogens is 1. The minimum atomic E-state index is -0.724. The van der Waals surface area contributed by atoms with Crippen molar-refractivity contribution in [2.45, 2.75) is 25.1 Å². The Morgan fingerprint density at radius 1 is 1.23 bits per heavy atom. The van der Waals surface area contributed by atoms with Gasteiger partial charge < -0.3 is 19.7 Å². The van der Waals surface area contributed by atoms with Crippen LogP contribution in [-0.4, -0.2) is 45.5 Å². The predicted octanol–water partition coefficient (Wildman–Crippen LogP) is 3.00. The van der Waals surface area contributed by atoms with E-state index in [9.17, 15) is 14.7 Å². The molecule has 0 aliphatic carbocycles. The van der Waals surface area contributed by atoms with Crippen LogP contribution in [0.1, 0.15) is 22.3 Å². The predicted molar refractivity (Wildman–Crippen MR) is 113 cm³/mol. The number of carbonyl (C=O) groups is 2. The fourth-order valence-corrected chi connectivity index (χ4v) is 3.93. The van der Waals surface area contributed by atoms with Gasteiger partial charge in [-0.25, -0.2) is 4.98 Å². The van der Waals surface area contributed by atoms with Crippen molar-refractivity contribution >= 4 is 27.7 Å². The molecule has 1 fully saturated rings. The van der Waals surface area contributed by atoms with Gasteiger partial charge in [-0.2, -0.15) is 0 Å². The second-order valence-corrected chi connectivity index (χ2v) is 8.07. The van der Waals surface area contributed by atoms with Gasteiger partial charge in [0.25, 0.3) is 5.91 Å². The van der Waals surface area contributed by atoms with E-state index in [1.165, 1.54) is 11.3 Å². The van der Waals surface area contributed by atoms with Gasteiger partial charge in [-0.15, -0.1) is 0 Å². The van der Waals surface area contributed by atoms with Gasteiger partial charge in [-0.05, 0) is 23.8 Å². The van der Waals surface area contributed by atoms with Crippen LogP contribution in [0.15, 0.2) is 70.0 Å². The first-order valence-corrected chi connectivity index (χ1v) is 10.3. The van der Waals surface area contributed by atoms with E-state index in [1.807, 2.05) is 30.3 Å². The van der Waals surface area contributed by atoms with Crippen LogP contribution < -0.4 is 5.32 Å². The number of nitrogens with one attached hydrogen (secondary N) is 1. The van der Waals surface area contributed by atoms with Gasteiger partial charge in [-0.1, -0.05) is 46.3 Å². The molecule has 1 aromatic heterocycles. The summed E-state index contributed by atoms with van der Waals surface area (Å²) in [6, 6.07) is 13.9. The van der Waals surface area contributed by atoms with Crippen molar-refractivity contribution in [3.63, 3.8) is 0 Å². The van der Waals surface area contributed by atoms with Gasteiger partial charge in [0, 0.05) is 35.1 Å². The molecule has 0 saturated carbocycles. The third kappa shape index (κ3) is 4.44. The first kappa shape index (κ1) is 20.3. The summed E-state index contributed by atoms with van der Waals surface area (Å²) in [5.74, 6) is 0.117. The Labute approximate surface area is 181 Å². The summed E-state index contributed by atoms with van der Waals surface area (Å²) in [4.78, 5) is 31.0. The highest BCUT2D eigenvalue weighted by Gasteiger charge is 2.39. The minimum absolute atomic E-state index is 0.134. The lowest BCUT2D eigenvalue weighted by Gasteiger charge is -2.24. The van der Waals surface area contributed by atoms with E-state index in [2.05, 4.69) is 26.2 Å². The number of oxazole rings is 1. The molecule has 1 aliphatic heterocycles. The number of rotatable bonds is 5. The number of aliphatic hydroxyl groups is 1. The van der Waals surface area contributed by atoms with Crippen LogP contribution in [0.3, 0.4) is 0 Å². The smallest absolute Gasteiger partial charge is 0.254 e. The minimum Gasteiger partial charge on any atom is -0.444 e. The van der Waals surface area contributed by atoms with Crippen LogP contribution in [0.5, 0.6) is 0 Å². The second-order valence-electron chi connectivity index (χ2n) is 7.15. The normalized spacial score (nSPS) is 18.4. The summed E-state index contributed by atoms with van der Waals surface area (Å²) in [6.07, 6.45) is 2.51. The maximum atomic E-state index is 12.9. The van der Waals surface area contributed by atoms with Crippen LogP contribution in [0, 0.1) is 0 Å². The van der Waals surface area contributed by atoms with Gasteiger partial charge >= 0.3 is 0 Å². The second kappa shape index (κ2) is 8.81. The number of likely N-dealkylation sites (tertiary alicyclic amines) is 1. The van der Waals surface area contributed by atoms with E-state index in [0.29, 0.717) is 17.9 Å². The number of carbonyl (C=O) groups excluding carboxylic acids is 2. The number of nitrogens with zero attached hydrogens (tertiary/aromatic N) is 2. The molecule has 2 N–H and O–H groups in total. The molecule has 1 saturated heterocycles. The lowest BCUT2D eigenvalue weighted by molar-refractivity contribution is -0.125. The lowest BCUT2D eigenvalue weighted by Crippen LogP contribution is -2.45. The number of benzene rings is 2. The zero-order valence-corrected chi connectivity index (χ0v) is 17.6. The van der Waals surface area contributed by atoms with E-state index >= 15 is 0 Å². The Morgan fingerprint density at radius 3 is 2.73 bits per heavy atom. The van der Waals surface area contributed by atoms with Crippen molar-refractivity contribution in [1.82, 2.24) is 15.2 Å². The summed E-state index contributed by atoms with van der Waals surface area (Å²) < 4.78 is 6.05. The summed E-state index contributed by atoms with van der Waals surface area (Å²) in [5.41, 5.74) is 2.28. The monoisotopic (exact) mass is 469 g/mol. The fourth-order valence-electron chi connectivity index (χ4n) is 3.53. The van der Waals surface area contributed by atoms with Gasteiger partial charge in [-0.3, -0.25) is 9.59 Å². The fraction of sp³-hybridized carbons (Fsp3) is 0.227. The van der Waals surface area contributed by atoms with Crippen molar-refractivity contribution < 1.29 is 19.1 Å². The molecule has 0 radical (unpaired) electrons. The Morgan fingerprint density at radius 2 is 2.03 bits per heavy atom. The standard InChI is InChI=1S/C22H20BrN3O4/c23-17-3-1-2-16(8-17)22(29)26-12-18(27)9-19(26)21(28)25-10-14-4-6-15(7-5-14)20-11-24-13-30-20/h1-8,11,13,18-19,27H,9-10,12H2,(H,25,28)/t18-,19+/m1/s1. The zero-order chi connectivity index (χ0) is 21.1. The third-order valence-corrected chi connectivity index (χ3v) is 5.54. The molecule has 2 heterocycles. The van der Waals surface area contributed by atoms with Crippen LogP contribution in [0.2, 0.25) is 0 Å². The zero-order valence-electron chi connectivity index (χ0n) is 16.0. The Kier molecular flexibility index (Phi) is 5.96. The number of hydrogen-bond acceptors (Lipinski definition) is 5. The molecule has 2 amide bonds. The summed E-state index contributed by atoms with van der Waals surface area (Å²) in [5, 5.41) is 13.0. The first-order valence-electron chi connectivity index (χ1n) is 9.51. The van der Waals surface area contributed by atoms with Crippen LogP contribution >= 0.6 is 15.9 Å². The Hall–Kier alpha value is -2.97. The molecule has 0 spiro atoms. The molecule has 2 aromatic carbocycles. The highest BCUT2D eigenvalue weighted by Crippen LogP contribution is 2.23. The van der Waals surface area contributed by atoms with Crippen molar-refractivity contribution in [2.24, 2.45) is 0 Å². The van der Waals surface area contributed by atoms with Crippen molar-refractivity contribution in [2.75, 3.05) is 6.54 Å². The molecular weight excluding hydrogens is 450 g/mol.